The van der Waals surface area contributed by atoms with Crippen molar-refractivity contribution in [1.82, 2.24) is 9.13 Å². The molecule has 0 saturated heterocycles. The Bertz CT molecular complexity index is 941. The lowest BCUT2D eigenvalue weighted by molar-refractivity contribution is 0.0563. The van der Waals surface area contributed by atoms with Gasteiger partial charge in [-0.3, -0.25) is 13.9 Å². The standard InChI is InChI=1S/C15H13N3O5/c1-22-14(20)12-5-4-9(23-12)8-18-13(19)10(7-16)11-3-2-6-17(11)15(18)21/h4-5H,2-3,6,8H2,1H3. The maximum absolute atomic E-state index is 12.4. The number of nitriles is 1. The number of esters is 1. The van der Waals surface area contributed by atoms with Crippen LogP contribution in [0, 0.1) is 11.3 Å². The van der Waals surface area contributed by atoms with Gasteiger partial charge in [0.15, 0.2) is 0 Å². The average Bonchev–Trinajstić information content (AvgIpc) is 3.20. The molecular formula is C15H13N3O5. The van der Waals surface area contributed by atoms with Gasteiger partial charge in [-0.15, -0.1) is 0 Å². The van der Waals surface area contributed by atoms with E-state index < -0.39 is 17.2 Å². The van der Waals surface area contributed by atoms with Gasteiger partial charge in [-0.1, -0.05) is 0 Å². The second-order valence-corrected chi connectivity index (χ2v) is 5.12. The van der Waals surface area contributed by atoms with Crippen molar-refractivity contribution in [2.24, 2.45) is 0 Å². The van der Waals surface area contributed by atoms with Gasteiger partial charge >= 0.3 is 11.7 Å². The van der Waals surface area contributed by atoms with Crippen molar-refractivity contribution < 1.29 is 13.9 Å². The first kappa shape index (κ1) is 14.8. The summed E-state index contributed by atoms with van der Waals surface area (Å²) in [6.45, 7) is 0.332. The first-order valence-electron chi connectivity index (χ1n) is 7.00. The summed E-state index contributed by atoms with van der Waals surface area (Å²) in [6.07, 6.45) is 1.27. The van der Waals surface area contributed by atoms with Crippen LogP contribution in [0.4, 0.5) is 0 Å². The molecule has 0 atom stereocenters. The summed E-state index contributed by atoms with van der Waals surface area (Å²) >= 11 is 0. The topological polar surface area (TPSA) is 107 Å². The number of fused-ring (bicyclic) bond motifs is 1. The summed E-state index contributed by atoms with van der Waals surface area (Å²) in [5.74, 6) is -0.406. The van der Waals surface area contributed by atoms with Crippen molar-refractivity contribution in [3.63, 3.8) is 0 Å². The Hall–Kier alpha value is -3.08. The molecule has 0 fully saturated rings. The largest absolute Gasteiger partial charge is 0.463 e. The summed E-state index contributed by atoms with van der Waals surface area (Å²) in [6, 6.07) is 4.78. The molecule has 8 heteroatoms. The number of hydrogen-bond donors (Lipinski definition) is 0. The SMILES string of the molecule is COC(=O)c1ccc(Cn2c(=O)c(C#N)c3n(c2=O)CCC3)o1. The molecule has 0 unspecified atom stereocenters. The molecule has 3 heterocycles. The van der Waals surface area contributed by atoms with Crippen molar-refractivity contribution in [2.45, 2.75) is 25.9 Å². The van der Waals surface area contributed by atoms with Gasteiger partial charge in [0, 0.05) is 12.2 Å². The second-order valence-electron chi connectivity index (χ2n) is 5.12. The lowest BCUT2D eigenvalue weighted by atomic mass is 10.2. The fourth-order valence-electron chi connectivity index (χ4n) is 2.72. The molecule has 0 bridgehead atoms. The normalized spacial score (nSPS) is 12.7. The third-order valence-corrected chi connectivity index (χ3v) is 3.80. The molecule has 2 aromatic heterocycles. The third kappa shape index (κ3) is 2.36. The highest BCUT2D eigenvalue weighted by Gasteiger charge is 2.23. The van der Waals surface area contributed by atoms with Gasteiger partial charge in [-0.25, -0.2) is 9.59 Å². The van der Waals surface area contributed by atoms with E-state index in [0.29, 0.717) is 18.7 Å². The van der Waals surface area contributed by atoms with Crippen LogP contribution in [0.5, 0.6) is 0 Å². The van der Waals surface area contributed by atoms with Gasteiger partial charge in [0.1, 0.15) is 17.4 Å². The molecule has 3 rings (SSSR count). The Kier molecular flexibility index (Phi) is 3.62. The Labute approximate surface area is 130 Å². The Balaban J connectivity index is 2.06. The van der Waals surface area contributed by atoms with E-state index >= 15 is 0 Å². The van der Waals surface area contributed by atoms with Gasteiger partial charge < -0.3 is 9.15 Å². The van der Waals surface area contributed by atoms with E-state index in [1.807, 2.05) is 6.07 Å². The van der Waals surface area contributed by atoms with Crippen molar-refractivity contribution in [3.8, 4) is 6.07 Å². The van der Waals surface area contributed by atoms with Gasteiger partial charge in [0.2, 0.25) is 5.76 Å². The minimum absolute atomic E-state index is 0.0122. The van der Waals surface area contributed by atoms with Gasteiger partial charge in [0.25, 0.3) is 5.56 Å². The number of furan rings is 1. The number of methoxy groups -OCH3 is 1. The minimum atomic E-state index is -0.646. The monoisotopic (exact) mass is 315 g/mol. The molecule has 8 nitrogen and oxygen atoms in total. The highest BCUT2D eigenvalue weighted by Crippen LogP contribution is 2.14. The van der Waals surface area contributed by atoms with Crippen LogP contribution in [0.3, 0.4) is 0 Å². The van der Waals surface area contributed by atoms with Gasteiger partial charge in [-0.2, -0.15) is 5.26 Å². The van der Waals surface area contributed by atoms with Crippen molar-refractivity contribution in [2.75, 3.05) is 7.11 Å². The molecule has 1 aliphatic heterocycles. The highest BCUT2D eigenvalue weighted by molar-refractivity contribution is 5.86. The molecule has 118 valence electrons. The van der Waals surface area contributed by atoms with E-state index in [-0.39, 0.29) is 23.6 Å². The fourth-order valence-corrected chi connectivity index (χ4v) is 2.72. The number of aromatic nitrogens is 2. The molecular weight excluding hydrogens is 302 g/mol. The van der Waals surface area contributed by atoms with Crippen LogP contribution in [-0.2, 0) is 24.2 Å². The molecule has 2 aromatic rings. The van der Waals surface area contributed by atoms with Crippen LogP contribution in [0.2, 0.25) is 0 Å². The maximum Gasteiger partial charge on any atom is 0.373 e. The average molecular weight is 315 g/mol. The Morgan fingerprint density at radius 3 is 2.91 bits per heavy atom. The molecule has 1 aliphatic rings. The summed E-state index contributed by atoms with van der Waals surface area (Å²) in [7, 11) is 1.22. The molecule has 0 aromatic carbocycles. The zero-order valence-corrected chi connectivity index (χ0v) is 12.4. The third-order valence-electron chi connectivity index (χ3n) is 3.80. The van der Waals surface area contributed by atoms with E-state index in [1.54, 1.807) is 0 Å². The molecule has 0 spiro atoms. The number of ether oxygens (including phenoxy) is 1. The van der Waals surface area contributed by atoms with Gasteiger partial charge in [-0.05, 0) is 25.0 Å². The Morgan fingerprint density at radius 1 is 1.43 bits per heavy atom. The minimum Gasteiger partial charge on any atom is -0.463 e. The van der Waals surface area contributed by atoms with Crippen molar-refractivity contribution >= 4 is 5.97 Å². The lowest BCUT2D eigenvalue weighted by Gasteiger charge is -2.09. The Morgan fingerprint density at radius 2 is 2.22 bits per heavy atom. The maximum atomic E-state index is 12.4. The first-order valence-corrected chi connectivity index (χ1v) is 7.00. The quantitative estimate of drug-likeness (QED) is 0.752. The zero-order valence-electron chi connectivity index (χ0n) is 12.4. The molecule has 0 N–H and O–H groups in total. The predicted molar refractivity (Wildman–Crippen MR) is 77.1 cm³/mol. The van der Waals surface area contributed by atoms with Crippen LogP contribution >= 0.6 is 0 Å². The fraction of sp³-hybridized carbons (Fsp3) is 0.333. The number of nitrogens with zero attached hydrogens (tertiary/aromatic N) is 3. The van der Waals surface area contributed by atoms with Crippen LogP contribution in [0.1, 0.15) is 34.0 Å². The van der Waals surface area contributed by atoms with E-state index in [0.717, 1.165) is 11.0 Å². The molecule has 0 radical (unpaired) electrons. The molecule has 0 saturated carbocycles. The molecule has 23 heavy (non-hydrogen) atoms. The highest BCUT2D eigenvalue weighted by atomic mass is 16.5. The summed E-state index contributed by atoms with van der Waals surface area (Å²) in [5.41, 5.74) is -0.630. The lowest BCUT2D eigenvalue weighted by Crippen LogP contribution is -2.41. The van der Waals surface area contributed by atoms with Crippen LogP contribution in [0.15, 0.2) is 26.1 Å². The molecule has 0 aliphatic carbocycles. The number of carbonyl (C=O) groups excluding carboxylic acids is 1. The van der Waals surface area contributed by atoms with Crippen molar-refractivity contribution in [1.29, 1.82) is 5.26 Å². The first-order chi connectivity index (χ1) is 11.1. The number of rotatable bonds is 3. The summed E-state index contributed by atoms with van der Waals surface area (Å²) in [4.78, 5) is 36.2. The van der Waals surface area contributed by atoms with Crippen LogP contribution < -0.4 is 11.2 Å². The number of carbonyl (C=O) groups is 1. The summed E-state index contributed by atoms with van der Waals surface area (Å²) < 4.78 is 12.2. The van der Waals surface area contributed by atoms with Crippen molar-refractivity contribution in [3.05, 3.63) is 55.7 Å². The van der Waals surface area contributed by atoms with E-state index in [9.17, 15) is 19.6 Å². The van der Waals surface area contributed by atoms with Crippen LogP contribution in [0.25, 0.3) is 0 Å². The smallest absolute Gasteiger partial charge is 0.373 e. The van der Waals surface area contributed by atoms with Crippen LogP contribution in [-0.4, -0.2) is 22.2 Å². The van der Waals surface area contributed by atoms with E-state index in [2.05, 4.69) is 4.74 Å². The zero-order chi connectivity index (χ0) is 16.6. The predicted octanol–water partition coefficient (Wildman–Crippen LogP) is 0.256. The van der Waals surface area contributed by atoms with E-state index in [1.165, 1.54) is 23.8 Å². The second kappa shape index (κ2) is 5.61. The number of hydrogen-bond acceptors (Lipinski definition) is 6. The molecule has 0 amide bonds. The van der Waals surface area contributed by atoms with E-state index in [4.69, 9.17) is 4.42 Å². The van der Waals surface area contributed by atoms with Gasteiger partial charge in [0.05, 0.1) is 13.7 Å². The summed E-state index contributed by atoms with van der Waals surface area (Å²) in [5, 5.41) is 9.21.